The maximum atomic E-state index is 8.26. The number of nitrogens with zero attached hydrogens (tertiary/aromatic N) is 1. The standard InChI is InChI=1S/C4H12N2O2/c5-6(1-3-7)2-4-8/h7-8H,1-5H2. The largest absolute Gasteiger partial charge is 0.395 e. The SMILES string of the molecule is NN(CCO)CCO. The fraction of sp³-hybridized carbons (Fsp3) is 1.00. The summed E-state index contributed by atoms with van der Waals surface area (Å²) in [7, 11) is 0. The second kappa shape index (κ2) is 4.99. The molecule has 0 aliphatic carbocycles. The molecule has 0 saturated carbocycles. The molecule has 4 nitrogen and oxygen atoms in total. The fourth-order valence-electron chi connectivity index (χ4n) is 0.369. The van der Waals surface area contributed by atoms with Crippen molar-refractivity contribution in [3.8, 4) is 0 Å². The van der Waals surface area contributed by atoms with E-state index >= 15 is 0 Å². The van der Waals surface area contributed by atoms with Crippen molar-refractivity contribution >= 4 is 0 Å². The number of aliphatic hydroxyl groups excluding tert-OH is 2. The fourth-order valence-corrected chi connectivity index (χ4v) is 0.369. The van der Waals surface area contributed by atoms with Crippen molar-refractivity contribution in [2.45, 2.75) is 0 Å². The van der Waals surface area contributed by atoms with E-state index in [1.165, 1.54) is 5.01 Å². The maximum absolute atomic E-state index is 8.26. The molecule has 0 saturated heterocycles. The average molecular weight is 120 g/mol. The zero-order valence-electron chi connectivity index (χ0n) is 4.75. The number of rotatable bonds is 4. The van der Waals surface area contributed by atoms with E-state index in [1.807, 2.05) is 0 Å². The van der Waals surface area contributed by atoms with Gasteiger partial charge in [-0.15, -0.1) is 0 Å². The third kappa shape index (κ3) is 4.01. The summed E-state index contributed by atoms with van der Waals surface area (Å²) >= 11 is 0. The van der Waals surface area contributed by atoms with E-state index in [-0.39, 0.29) is 13.2 Å². The first-order valence-electron chi connectivity index (χ1n) is 2.52. The molecule has 0 aromatic heterocycles. The minimum absolute atomic E-state index is 0.0382. The number of hydrazine groups is 1. The number of aliphatic hydroxyl groups is 2. The van der Waals surface area contributed by atoms with Crippen LogP contribution in [0.25, 0.3) is 0 Å². The summed E-state index contributed by atoms with van der Waals surface area (Å²) in [5.41, 5.74) is 0. The van der Waals surface area contributed by atoms with Crippen LogP contribution in [0.1, 0.15) is 0 Å². The molecule has 0 fully saturated rings. The van der Waals surface area contributed by atoms with E-state index in [0.29, 0.717) is 13.1 Å². The summed E-state index contributed by atoms with van der Waals surface area (Å²) in [6.07, 6.45) is 0. The molecule has 50 valence electrons. The molecule has 0 aliphatic heterocycles. The van der Waals surface area contributed by atoms with Crippen molar-refractivity contribution in [1.29, 1.82) is 0 Å². The first-order chi connectivity index (χ1) is 3.81. The Labute approximate surface area is 48.5 Å². The summed E-state index contributed by atoms with van der Waals surface area (Å²) in [6.45, 7) is 0.911. The topological polar surface area (TPSA) is 69.7 Å². The van der Waals surface area contributed by atoms with Crippen LogP contribution in [0.15, 0.2) is 0 Å². The minimum atomic E-state index is 0.0382. The second-order valence-corrected chi connectivity index (χ2v) is 1.48. The molecule has 0 amide bonds. The molecule has 8 heavy (non-hydrogen) atoms. The lowest BCUT2D eigenvalue weighted by Gasteiger charge is -2.11. The number of nitrogens with two attached hydrogens (primary N) is 1. The Morgan fingerprint density at radius 2 is 1.50 bits per heavy atom. The van der Waals surface area contributed by atoms with Crippen molar-refractivity contribution in [3.05, 3.63) is 0 Å². The molecule has 0 spiro atoms. The second-order valence-electron chi connectivity index (χ2n) is 1.48. The lowest BCUT2D eigenvalue weighted by molar-refractivity contribution is 0.163. The third-order valence-corrected chi connectivity index (χ3v) is 0.774. The predicted octanol–water partition coefficient (Wildman–Crippen LogP) is -1.85. The van der Waals surface area contributed by atoms with E-state index < -0.39 is 0 Å². The van der Waals surface area contributed by atoms with E-state index in [9.17, 15) is 0 Å². The Morgan fingerprint density at radius 3 is 1.75 bits per heavy atom. The Kier molecular flexibility index (Phi) is 4.89. The van der Waals surface area contributed by atoms with Crippen LogP contribution in [0.2, 0.25) is 0 Å². The quantitative estimate of drug-likeness (QED) is 0.301. The van der Waals surface area contributed by atoms with Crippen LogP contribution >= 0.6 is 0 Å². The Morgan fingerprint density at radius 1 is 1.12 bits per heavy atom. The van der Waals surface area contributed by atoms with Crippen LogP contribution in [0.3, 0.4) is 0 Å². The summed E-state index contributed by atoms with van der Waals surface area (Å²) in [4.78, 5) is 0. The normalized spacial score (nSPS) is 10.5. The summed E-state index contributed by atoms with van der Waals surface area (Å²) in [5, 5.41) is 17.9. The van der Waals surface area contributed by atoms with E-state index in [4.69, 9.17) is 16.1 Å². The van der Waals surface area contributed by atoms with Gasteiger partial charge in [0.25, 0.3) is 0 Å². The molecule has 0 heterocycles. The van der Waals surface area contributed by atoms with Gasteiger partial charge in [0.15, 0.2) is 0 Å². The van der Waals surface area contributed by atoms with Gasteiger partial charge in [0.2, 0.25) is 0 Å². The monoisotopic (exact) mass is 120 g/mol. The first kappa shape index (κ1) is 7.84. The molecule has 0 rings (SSSR count). The van der Waals surface area contributed by atoms with E-state index in [0.717, 1.165) is 0 Å². The van der Waals surface area contributed by atoms with Gasteiger partial charge in [0.05, 0.1) is 13.2 Å². The molecule has 4 N–H and O–H groups in total. The van der Waals surface area contributed by atoms with Crippen LogP contribution in [-0.2, 0) is 0 Å². The van der Waals surface area contributed by atoms with Crippen molar-refractivity contribution in [2.24, 2.45) is 5.84 Å². The lowest BCUT2D eigenvalue weighted by Crippen LogP contribution is -2.35. The van der Waals surface area contributed by atoms with Gasteiger partial charge < -0.3 is 10.2 Å². The molecule has 0 unspecified atom stereocenters. The predicted molar refractivity (Wildman–Crippen MR) is 29.9 cm³/mol. The van der Waals surface area contributed by atoms with Crippen molar-refractivity contribution in [1.82, 2.24) is 5.01 Å². The zero-order valence-corrected chi connectivity index (χ0v) is 4.75. The van der Waals surface area contributed by atoms with Gasteiger partial charge >= 0.3 is 0 Å². The van der Waals surface area contributed by atoms with E-state index in [2.05, 4.69) is 0 Å². The zero-order chi connectivity index (χ0) is 6.41. The average Bonchev–Trinajstić information content (AvgIpc) is 1.68. The summed E-state index contributed by atoms with van der Waals surface area (Å²) < 4.78 is 0. The van der Waals surface area contributed by atoms with Gasteiger partial charge in [0.1, 0.15) is 0 Å². The van der Waals surface area contributed by atoms with E-state index in [1.54, 1.807) is 0 Å². The number of hydrogen-bond donors (Lipinski definition) is 3. The highest BCUT2D eigenvalue weighted by Crippen LogP contribution is 1.71. The molecule has 0 bridgehead atoms. The molecule has 0 aliphatic rings. The van der Waals surface area contributed by atoms with Crippen LogP contribution < -0.4 is 5.84 Å². The van der Waals surface area contributed by atoms with Gasteiger partial charge in [-0.05, 0) is 0 Å². The molecule has 0 aromatic rings. The summed E-state index contributed by atoms with van der Waals surface area (Å²) in [5.74, 6) is 5.21. The van der Waals surface area contributed by atoms with Gasteiger partial charge in [-0.25, -0.2) is 5.01 Å². The summed E-state index contributed by atoms with van der Waals surface area (Å²) in [6, 6.07) is 0. The Balaban J connectivity index is 2.92. The van der Waals surface area contributed by atoms with Crippen molar-refractivity contribution in [2.75, 3.05) is 26.3 Å². The highest BCUT2D eigenvalue weighted by Gasteiger charge is 1.92. The molecule has 4 heteroatoms. The Hall–Kier alpha value is -0.160. The van der Waals surface area contributed by atoms with Crippen LogP contribution in [-0.4, -0.2) is 41.5 Å². The Bertz CT molecular complexity index is 45.3. The smallest absolute Gasteiger partial charge is 0.0572 e. The molecular weight excluding hydrogens is 108 g/mol. The number of hydrogen-bond acceptors (Lipinski definition) is 4. The highest BCUT2D eigenvalue weighted by atomic mass is 16.3. The lowest BCUT2D eigenvalue weighted by atomic mass is 10.6. The highest BCUT2D eigenvalue weighted by molar-refractivity contribution is 4.42. The molecule has 0 radical (unpaired) electrons. The molecular formula is C4H12N2O2. The van der Waals surface area contributed by atoms with Crippen molar-refractivity contribution in [3.63, 3.8) is 0 Å². The first-order valence-corrected chi connectivity index (χ1v) is 2.52. The maximum Gasteiger partial charge on any atom is 0.0572 e. The van der Waals surface area contributed by atoms with Gasteiger partial charge in [-0.3, -0.25) is 5.84 Å². The minimum Gasteiger partial charge on any atom is -0.395 e. The van der Waals surface area contributed by atoms with Crippen LogP contribution in [0.4, 0.5) is 0 Å². The van der Waals surface area contributed by atoms with Gasteiger partial charge in [-0.2, -0.15) is 0 Å². The van der Waals surface area contributed by atoms with Gasteiger partial charge in [-0.1, -0.05) is 0 Å². The molecule has 0 atom stereocenters. The van der Waals surface area contributed by atoms with Crippen LogP contribution in [0, 0.1) is 0 Å². The molecule has 0 aromatic carbocycles. The van der Waals surface area contributed by atoms with Crippen LogP contribution in [0.5, 0.6) is 0 Å². The van der Waals surface area contributed by atoms with Crippen molar-refractivity contribution < 1.29 is 10.2 Å². The van der Waals surface area contributed by atoms with Gasteiger partial charge in [0, 0.05) is 13.1 Å². The third-order valence-electron chi connectivity index (χ3n) is 0.774.